The lowest BCUT2D eigenvalue weighted by molar-refractivity contribution is -0.0530. The molecular weight excluding hydrogens is 148 g/mol. The Bertz CT molecular complexity index is 93.2. The third-order valence-electron chi connectivity index (χ3n) is 2.40. The Labute approximate surface area is 77.2 Å². The first-order chi connectivity index (χ1) is 5.68. The van der Waals surface area contributed by atoms with Crippen LogP contribution in [-0.4, -0.2) is 5.60 Å². The van der Waals surface area contributed by atoms with Gasteiger partial charge in [0.2, 0.25) is 0 Å². The Kier molecular flexibility index (Phi) is 6.45. The fourth-order valence-corrected chi connectivity index (χ4v) is 1.79. The lowest BCUT2D eigenvalue weighted by Crippen LogP contribution is -2.26. The van der Waals surface area contributed by atoms with E-state index in [1.165, 1.54) is 0 Å². The van der Waals surface area contributed by atoms with Crippen molar-refractivity contribution in [3.8, 4) is 0 Å². The summed E-state index contributed by atoms with van der Waals surface area (Å²) in [5, 5.41) is 12.1. The average Bonchev–Trinajstić information content (AvgIpc) is 2.02. The second-order valence-electron chi connectivity index (χ2n) is 3.79. The van der Waals surface area contributed by atoms with Gasteiger partial charge in [-0.1, -0.05) is 46.5 Å². The lowest BCUT2D eigenvalue weighted by atomic mass is 9.88. The maximum absolute atomic E-state index is 12.1. The molecule has 12 heavy (non-hydrogen) atoms. The summed E-state index contributed by atoms with van der Waals surface area (Å²) < 4.78 is 0. The highest BCUT2D eigenvalue weighted by Gasteiger charge is 2.25. The molecule has 1 nitrogen and oxygen atoms in total. The van der Waals surface area contributed by atoms with Crippen molar-refractivity contribution in [1.29, 1.82) is 0 Å². The quantitative estimate of drug-likeness (QED) is 0.553. The minimum absolute atomic E-state index is 0.598. The van der Waals surface area contributed by atoms with Crippen LogP contribution in [0.2, 0.25) is 0 Å². The second-order valence-corrected chi connectivity index (χ2v) is 3.79. The predicted octanol–water partition coefficient (Wildman–Crippen LogP) is 3.95. The van der Waals surface area contributed by atoms with Crippen LogP contribution < -0.4 is 0 Å². The molecule has 0 fully saturated rings. The molecule has 0 unspecified atom stereocenters. The van der Waals surface area contributed by atoms with E-state index < -0.39 is 5.60 Å². The third-order valence-corrected chi connectivity index (χ3v) is 2.40. The van der Waals surface area contributed by atoms with Gasteiger partial charge >= 0.3 is 0 Å². The van der Waals surface area contributed by atoms with Gasteiger partial charge in [-0.3, -0.25) is 0 Å². The summed E-state index contributed by atoms with van der Waals surface area (Å²) in [7, 11) is 0. The van der Waals surface area contributed by atoms with E-state index in [1.54, 1.807) is 0 Å². The number of rotatable bonds is 7. The van der Waals surface area contributed by atoms with Gasteiger partial charge < -0.3 is 0 Å². The molecule has 0 spiro atoms. The van der Waals surface area contributed by atoms with Gasteiger partial charge in [0.15, 0.2) is 0 Å². The Hall–Kier alpha value is -0.0400. The summed E-state index contributed by atoms with van der Waals surface area (Å²) in [4.78, 5) is 0. The zero-order valence-corrected chi connectivity index (χ0v) is 8.86. The molecule has 0 aromatic carbocycles. The highest BCUT2D eigenvalue weighted by Crippen LogP contribution is 2.26. The minimum Gasteiger partial charge on any atom is -0.229 e. The predicted molar refractivity (Wildman–Crippen MR) is 52.8 cm³/mol. The Morgan fingerprint density at radius 2 is 1.33 bits per heavy atom. The van der Waals surface area contributed by atoms with Gasteiger partial charge in [-0.25, -0.2) is 5.11 Å². The zero-order chi connectivity index (χ0) is 9.45. The van der Waals surface area contributed by atoms with Crippen molar-refractivity contribution in [2.75, 3.05) is 0 Å². The van der Waals surface area contributed by atoms with Gasteiger partial charge in [-0.05, 0) is 19.3 Å². The van der Waals surface area contributed by atoms with E-state index in [0.29, 0.717) is 0 Å². The van der Waals surface area contributed by atoms with Crippen LogP contribution in [0.25, 0.3) is 0 Å². The second kappa shape index (κ2) is 6.47. The molecule has 0 saturated carbocycles. The monoisotopic (exact) mass is 171 g/mol. The van der Waals surface area contributed by atoms with Crippen LogP contribution in [0, 0.1) is 0 Å². The summed E-state index contributed by atoms with van der Waals surface area (Å²) in [5.74, 6) is 0. The standard InChI is InChI=1S/C11H23O/c1-4-7-10-11(12,8-5-2)9-6-3/h4-10H2,1-3H3. The van der Waals surface area contributed by atoms with Crippen LogP contribution in [0.4, 0.5) is 0 Å². The van der Waals surface area contributed by atoms with Crippen LogP contribution in [0.3, 0.4) is 0 Å². The van der Waals surface area contributed by atoms with Crippen molar-refractivity contribution in [2.24, 2.45) is 0 Å². The molecule has 0 aliphatic rings. The van der Waals surface area contributed by atoms with Gasteiger partial charge in [-0.15, -0.1) is 0 Å². The summed E-state index contributed by atoms with van der Waals surface area (Å²) >= 11 is 0. The Balaban J connectivity index is 3.80. The van der Waals surface area contributed by atoms with Crippen LogP contribution in [0.15, 0.2) is 0 Å². The van der Waals surface area contributed by atoms with Gasteiger partial charge in [0.05, 0.1) is 0 Å². The van der Waals surface area contributed by atoms with E-state index in [-0.39, 0.29) is 0 Å². The van der Waals surface area contributed by atoms with E-state index in [0.717, 1.165) is 44.9 Å². The number of unbranched alkanes of at least 4 members (excludes halogenated alkanes) is 1. The molecule has 0 rings (SSSR count). The molecule has 0 aromatic rings. The summed E-state index contributed by atoms with van der Waals surface area (Å²) in [6, 6.07) is 0. The fourth-order valence-electron chi connectivity index (χ4n) is 1.79. The van der Waals surface area contributed by atoms with E-state index in [2.05, 4.69) is 20.8 Å². The molecule has 1 heteroatoms. The van der Waals surface area contributed by atoms with Crippen LogP contribution in [-0.2, 0) is 5.11 Å². The van der Waals surface area contributed by atoms with Gasteiger partial charge in [0, 0.05) is 0 Å². The maximum atomic E-state index is 12.1. The first kappa shape index (κ1) is 12.0. The average molecular weight is 171 g/mol. The van der Waals surface area contributed by atoms with E-state index >= 15 is 0 Å². The molecule has 0 aliphatic heterocycles. The van der Waals surface area contributed by atoms with Crippen LogP contribution in [0.5, 0.6) is 0 Å². The molecule has 0 saturated heterocycles. The maximum Gasteiger partial charge on any atom is 0.104 e. The van der Waals surface area contributed by atoms with Crippen molar-refractivity contribution in [2.45, 2.75) is 71.3 Å². The van der Waals surface area contributed by atoms with Gasteiger partial charge in [0.1, 0.15) is 5.60 Å². The lowest BCUT2D eigenvalue weighted by Gasteiger charge is -2.24. The van der Waals surface area contributed by atoms with Gasteiger partial charge in [-0.2, -0.15) is 0 Å². The molecule has 0 amide bonds. The van der Waals surface area contributed by atoms with Crippen molar-refractivity contribution >= 4 is 0 Å². The molecule has 0 N–H and O–H groups in total. The Morgan fingerprint density at radius 1 is 0.833 bits per heavy atom. The molecule has 1 radical (unpaired) electrons. The van der Waals surface area contributed by atoms with Crippen molar-refractivity contribution < 1.29 is 5.11 Å². The summed E-state index contributed by atoms with van der Waals surface area (Å²) in [6.07, 6.45) is 6.92. The topological polar surface area (TPSA) is 19.9 Å². The SMILES string of the molecule is CCCCC([O])(CCC)CCC. The fraction of sp³-hybridized carbons (Fsp3) is 1.00. The third kappa shape index (κ3) is 4.76. The number of hydrogen-bond donors (Lipinski definition) is 0. The smallest absolute Gasteiger partial charge is 0.104 e. The normalized spacial score (nSPS) is 12.0. The van der Waals surface area contributed by atoms with E-state index in [1.807, 2.05) is 0 Å². The van der Waals surface area contributed by atoms with Crippen LogP contribution >= 0.6 is 0 Å². The number of hydrogen-bond acceptors (Lipinski definition) is 0. The minimum atomic E-state index is -0.598. The first-order valence-electron chi connectivity index (χ1n) is 5.39. The molecule has 73 valence electrons. The van der Waals surface area contributed by atoms with E-state index in [4.69, 9.17) is 0 Å². The Morgan fingerprint density at radius 3 is 1.67 bits per heavy atom. The molecule has 0 atom stereocenters. The van der Waals surface area contributed by atoms with Crippen molar-refractivity contribution in [3.63, 3.8) is 0 Å². The summed E-state index contributed by atoms with van der Waals surface area (Å²) in [5.41, 5.74) is -0.598. The van der Waals surface area contributed by atoms with E-state index in [9.17, 15) is 5.11 Å². The largest absolute Gasteiger partial charge is 0.229 e. The molecule has 0 aromatic heterocycles. The molecular formula is C11H23O. The molecule has 0 aliphatic carbocycles. The highest BCUT2D eigenvalue weighted by atomic mass is 16.3. The first-order valence-corrected chi connectivity index (χ1v) is 5.39. The highest BCUT2D eigenvalue weighted by molar-refractivity contribution is 4.76. The van der Waals surface area contributed by atoms with Crippen molar-refractivity contribution in [1.82, 2.24) is 0 Å². The molecule has 0 bridgehead atoms. The molecule has 0 heterocycles. The van der Waals surface area contributed by atoms with Gasteiger partial charge in [0.25, 0.3) is 0 Å². The summed E-state index contributed by atoms with van der Waals surface area (Å²) in [6.45, 7) is 6.36. The van der Waals surface area contributed by atoms with Crippen molar-refractivity contribution in [3.05, 3.63) is 0 Å². The zero-order valence-electron chi connectivity index (χ0n) is 8.86. The van der Waals surface area contributed by atoms with Crippen LogP contribution in [0.1, 0.15) is 65.7 Å².